The molecule has 0 rings (SSSR count). The first-order valence-electron chi connectivity index (χ1n) is 3.38. The number of sulfonamides is 1. The Morgan fingerprint density at radius 2 is 1.91 bits per heavy atom. The van der Waals surface area contributed by atoms with Crippen LogP contribution < -0.4 is 0 Å². The fraction of sp³-hybridized carbons (Fsp3) is 0.714. The lowest BCUT2D eigenvalue weighted by molar-refractivity contribution is 0.505. The Hall–Kier alpha value is -0.350. The van der Waals surface area contributed by atoms with Crippen molar-refractivity contribution < 1.29 is 8.42 Å². The number of likely N-dealkylation sites (N-methyl/N-ethyl adjacent to an activating group) is 1. The first-order valence-corrected chi connectivity index (χ1v) is 5.23. The maximum Gasteiger partial charge on any atom is 0.211 e. The van der Waals surface area contributed by atoms with Crippen molar-refractivity contribution in [1.82, 2.24) is 4.31 Å². The molecule has 0 spiro atoms. The van der Waals surface area contributed by atoms with E-state index < -0.39 is 10.0 Å². The van der Waals surface area contributed by atoms with Gasteiger partial charge in [-0.1, -0.05) is 11.6 Å². The van der Waals surface area contributed by atoms with Crippen LogP contribution in [0.5, 0.6) is 0 Å². The Morgan fingerprint density at radius 3 is 2.18 bits per heavy atom. The highest BCUT2D eigenvalue weighted by molar-refractivity contribution is 7.88. The van der Waals surface area contributed by atoms with Crippen molar-refractivity contribution >= 4 is 10.0 Å². The van der Waals surface area contributed by atoms with E-state index in [1.807, 2.05) is 19.9 Å². The van der Waals surface area contributed by atoms with E-state index in [0.29, 0.717) is 6.54 Å². The molecule has 4 heteroatoms. The number of rotatable bonds is 3. The van der Waals surface area contributed by atoms with Crippen molar-refractivity contribution in [2.45, 2.75) is 13.8 Å². The van der Waals surface area contributed by atoms with Gasteiger partial charge in [0.2, 0.25) is 10.0 Å². The van der Waals surface area contributed by atoms with E-state index >= 15 is 0 Å². The van der Waals surface area contributed by atoms with E-state index in [-0.39, 0.29) is 0 Å². The summed E-state index contributed by atoms with van der Waals surface area (Å²) in [7, 11) is -1.45. The third-order valence-corrected chi connectivity index (χ3v) is 2.60. The minimum atomic E-state index is -3.01. The number of hydrogen-bond acceptors (Lipinski definition) is 2. The normalized spacial score (nSPS) is 11.7. The van der Waals surface area contributed by atoms with Gasteiger partial charge >= 0.3 is 0 Å². The van der Waals surface area contributed by atoms with Crippen molar-refractivity contribution in [1.29, 1.82) is 0 Å². The summed E-state index contributed by atoms with van der Waals surface area (Å²) in [5.41, 5.74) is 1.13. The molecule has 0 radical (unpaired) electrons. The molecular formula is C7H15NO2S. The van der Waals surface area contributed by atoms with Crippen molar-refractivity contribution in [3.8, 4) is 0 Å². The molecule has 0 saturated heterocycles. The van der Waals surface area contributed by atoms with Gasteiger partial charge in [-0.2, -0.15) is 0 Å². The van der Waals surface area contributed by atoms with Gasteiger partial charge in [0.05, 0.1) is 6.26 Å². The second-order valence-corrected chi connectivity index (χ2v) is 4.91. The first-order chi connectivity index (χ1) is 4.84. The Balaban J connectivity index is 4.11. The first kappa shape index (κ1) is 10.7. The topological polar surface area (TPSA) is 37.4 Å². The van der Waals surface area contributed by atoms with Crippen molar-refractivity contribution in [3.63, 3.8) is 0 Å². The quantitative estimate of drug-likeness (QED) is 0.599. The predicted molar refractivity (Wildman–Crippen MR) is 46.9 cm³/mol. The van der Waals surface area contributed by atoms with Crippen LogP contribution in [-0.2, 0) is 10.0 Å². The highest BCUT2D eigenvalue weighted by Crippen LogP contribution is 1.95. The highest BCUT2D eigenvalue weighted by Gasteiger charge is 2.07. The maximum absolute atomic E-state index is 10.8. The molecule has 0 aliphatic carbocycles. The molecule has 0 aliphatic heterocycles. The molecule has 0 N–H and O–H groups in total. The number of allylic oxidation sites excluding steroid dienone is 1. The van der Waals surface area contributed by atoms with Gasteiger partial charge in [0, 0.05) is 13.6 Å². The number of hydrogen-bond donors (Lipinski definition) is 0. The van der Waals surface area contributed by atoms with Gasteiger partial charge in [-0.15, -0.1) is 0 Å². The van der Waals surface area contributed by atoms with Crippen LogP contribution in [0.15, 0.2) is 11.6 Å². The van der Waals surface area contributed by atoms with Gasteiger partial charge < -0.3 is 0 Å². The molecule has 0 aromatic carbocycles. The lowest BCUT2D eigenvalue weighted by Crippen LogP contribution is -2.25. The Morgan fingerprint density at radius 1 is 1.45 bits per heavy atom. The second kappa shape index (κ2) is 3.88. The molecular weight excluding hydrogens is 162 g/mol. The van der Waals surface area contributed by atoms with Crippen LogP contribution in [0.2, 0.25) is 0 Å². The zero-order valence-corrected chi connectivity index (χ0v) is 8.27. The van der Waals surface area contributed by atoms with Crippen molar-refractivity contribution in [3.05, 3.63) is 11.6 Å². The molecule has 66 valence electrons. The van der Waals surface area contributed by atoms with Crippen LogP contribution >= 0.6 is 0 Å². The Labute approximate surface area is 68.8 Å². The van der Waals surface area contributed by atoms with E-state index in [0.717, 1.165) is 5.57 Å². The minimum absolute atomic E-state index is 0.459. The zero-order chi connectivity index (χ0) is 9.07. The van der Waals surface area contributed by atoms with E-state index in [9.17, 15) is 8.42 Å². The third kappa shape index (κ3) is 4.98. The average molecular weight is 177 g/mol. The van der Waals surface area contributed by atoms with E-state index in [1.54, 1.807) is 7.05 Å². The SMILES string of the molecule is CC(C)=CCN(C)S(C)(=O)=O. The van der Waals surface area contributed by atoms with Gasteiger partial charge in [0.1, 0.15) is 0 Å². The molecule has 0 heterocycles. The summed E-state index contributed by atoms with van der Waals surface area (Å²) >= 11 is 0. The summed E-state index contributed by atoms with van der Waals surface area (Å²) in [6.07, 6.45) is 3.08. The monoisotopic (exact) mass is 177 g/mol. The van der Waals surface area contributed by atoms with Gasteiger partial charge in [-0.05, 0) is 13.8 Å². The maximum atomic E-state index is 10.8. The molecule has 3 nitrogen and oxygen atoms in total. The molecule has 0 fully saturated rings. The average Bonchev–Trinajstić information content (AvgIpc) is 1.80. The summed E-state index contributed by atoms with van der Waals surface area (Å²) in [5, 5.41) is 0. The zero-order valence-electron chi connectivity index (χ0n) is 7.46. The molecule has 0 aromatic heterocycles. The minimum Gasteiger partial charge on any atom is -0.213 e. The smallest absolute Gasteiger partial charge is 0.211 e. The van der Waals surface area contributed by atoms with Crippen LogP contribution in [0, 0.1) is 0 Å². The summed E-state index contributed by atoms with van der Waals surface area (Å²) in [6.45, 7) is 4.34. The molecule has 11 heavy (non-hydrogen) atoms. The van der Waals surface area contributed by atoms with Gasteiger partial charge in [0.25, 0.3) is 0 Å². The summed E-state index contributed by atoms with van der Waals surface area (Å²) < 4.78 is 23.0. The number of nitrogens with zero attached hydrogens (tertiary/aromatic N) is 1. The van der Waals surface area contributed by atoms with Crippen molar-refractivity contribution in [2.75, 3.05) is 19.8 Å². The molecule has 0 bridgehead atoms. The second-order valence-electron chi connectivity index (χ2n) is 2.82. The fourth-order valence-electron chi connectivity index (χ4n) is 0.447. The van der Waals surface area contributed by atoms with Gasteiger partial charge in [-0.3, -0.25) is 0 Å². The lowest BCUT2D eigenvalue weighted by Gasteiger charge is -2.10. The summed E-state index contributed by atoms with van der Waals surface area (Å²) in [5.74, 6) is 0. The Bertz CT molecular complexity index is 237. The summed E-state index contributed by atoms with van der Waals surface area (Å²) in [4.78, 5) is 0. The largest absolute Gasteiger partial charge is 0.213 e. The molecule has 0 aromatic rings. The molecule has 0 atom stereocenters. The summed E-state index contributed by atoms with van der Waals surface area (Å²) in [6, 6.07) is 0. The van der Waals surface area contributed by atoms with Gasteiger partial charge in [-0.25, -0.2) is 12.7 Å². The lowest BCUT2D eigenvalue weighted by atomic mass is 10.3. The van der Waals surface area contributed by atoms with Crippen LogP contribution in [-0.4, -0.2) is 32.6 Å². The van der Waals surface area contributed by atoms with Crippen LogP contribution in [0.3, 0.4) is 0 Å². The van der Waals surface area contributed by atoms with E-state index in [4.69, 9.17) is 0 Å². The third-order valence-electron chi connectivity index (χ3n) is 1.32. The fourth-order valence-corrected chi connectivity index (χ4v) is 0.792. The standard InChI is InChI=1S/C7H15NO2S/c1-7(2)5-6-8(3)11(4,9)10/h5H,6H2,1-4H3. The molecule has 0 unspecified atom stereocenters. The van der Waals surface area contributed by atoms with Crippen molar-refractivity contribution in [2.24, 2.45) is 0 Å². The van der Waals surface area contributed by atoms with E-state index in [2.05, 4.69) is 0 Å². The van der Waals surface area contributed by atoms with Crippen LogP contribution in [0.1, 0.15) is 13.8 Å². The Kier molecular flexibility index (Phi) is 3.75. The molecule has 0 amide bonds. The predicted octanol–water partition coefficient (Wildman–Crippen LogP) is 0.844. The highest BCUT2D eigenvalue weighted by atomic mass is 32.2. The van der Waals surface area contributed by atoms with Gasteiger partial charge in [0.15, 0.2) is 0 Å². The molecule has 0 aliphatic rings. The van der Waals surface area contributed by atoms with Crippen LogP contribution in [0.4, 0.5) is 0 Å². The van der Waals surface area contributed by atoms with E-state index in [1.165, 1.54) is 10.6 Å². The van der Waals surface area contributed by atoms with Crippen LogP contribution in [0.25, 0.3) is 0 Å². The molecule has 0 saturated carbocycles.